The monoisotopic (exact) mass is 481 g/mol. The summed E-state index contributed by atoms with van der Waals surface area (Å²) in [4.78, 5) is 34.1. The van der Waals surface area contributed by atoms with Crippen LogP contribution in [0.25, 0.3) is 0 Å². The topological polar surface area (TPSA) is 169 Å². The Kier molecular flexibility index (Phi) is 8.01. The molecule has 1 aliphatic rings. The predicted octanol–water partition coefficient (Wildman–Crippen LogP) is 2.85. The van der Waals surface area contributed by atoms with Gasteiger partial charge in [0, 0.05) is 31.7 Å². The summed E-state index contributed by atoms with van der Waals surface area (Å²) in [6.07, 6.45) is 3.45. The number of rotatable bonds is 7. The highest BCUT2D eigenvalue weighted by atomic mass is 16.4. The van der Waals surface area contributed by atoms with Crippen molar-refractivity contribution in [2.45, 2.75) is 46.6 Å². The van der Waals surface area contributed by atoms with E-state index >= 15 is 0 Å². The first-order valence-electron chi connectivity index (χ1n) is 11.5. The summed E-state index contributed by atoms with van der Waals surface area (Å²) in [5, 5.41) is 35.9. The minimum absolute atomic E-state index is 0.0379. The molecule has 2 unspecified atom stereocenters. The predicted molar refractivity (Wildman–Crippen MR) is 129 cm³/mol. The summed E-state index contributed by atoms with van der Waals surface area (Å²) in [7, 11) is 0. The first-order valence-corrected chi connectivity index (χ1v) is 11.5. The lowest BCUT2D eigenvalue weighted by atomic mass is 9.74. The van der Waals surface area contributed by atoms with Crippen LogP contribution < -0.4 is 16.0 Å². The maximum absolute atomic E-state index is 12.6. The Morgan fingerprint density at radius 3 is 2.60 bits per heavy atom. The Balaban J connectivity index is 1.86. The van der Waals surface area contributed by atoms with Crippen LogP contribution in [0.2, 0.25) is 0 Å². The Morgan fingerprint density at radius 1 is 1.23 bits per heavy atom. The number of aromatic nitrogens is 4. The van der Waals surface area contributed by atoms with Crippen LogP contribution in [0.15, 0.2) is 18.5 Å². The van der Waals surface area contributed by atoms with E-state index in [0.29, 0.717) is 37.0 Å². The summed E-state index contributed by atoms with van der Waals surface area (Å²) < 4.78 is 0. The fraction of sp³-hybridized carbons (Fsp3) is 0.522. The van der Waals surface area contributed by atoms with Crippen molar-refractivity contribution in [1.29, 1.82) is 5.26 Å². The van der Waals surface area contributed by atoms with Gasteiger partial charge >= 0.3 is 6.09 Å². The molecule has 2 atom stereocenters. The van der Waals surface area contributed by atoms with Crippen LogP contribution in [-0.2, 0) is 0 Å². The second kappa shape index (κ2) is 10.9. The molecule has 3 rings (SSSR count). The standard InChI is InChI=1S/C23H31N9O3/c1-5-25-21(33)19-16(9-17(30-31-19)29-18-13-26-15(10-24)12-28-18)27-11-14-7-6-8-32(22(34)35)20(14)23(2,3)4/h9,12-14,20H,5-8,11H2,1-4H3,(H,25,33)(H,34,35)(H2,27,28,29,30). The van der Waals surface area contributed by atoms with Crippen LogP contribution in [0.3, 0.4) is 0 Å². The molecule has 0 radical (unpaired) electrons. The number of hydrogen-bond donors (Lipinski definition) is 4. The smallest absolute Gasteiger partial charge is 0.407 e. The molecule has 1 fully saturated rings. The number of likely N-dealkylation sites (tertiary alicyclic amines) is 1. The third kappa shape index (κ3) is 6.32. The Morgan fingerprint density at radius 2 is 2.00 bits per heavy atom. The second-order valence-corrected chi connectivity index (χ2v) is 9.45. The SMILES string of the molecule is CCNC(=O)c1nnc(Nc2cnc(C#N)cn2)cc1NCC1CCCN(C(=O)O)C1C(C)(C)C. The van der Waals surface area contributed by atoms with Crippen molar-refractivity contribution in [1.82, 2.24) is 30.4 Å². The molecule has 1 saturated heterocycles. The number of anilines is 3. The molecule has 1 aliphatic heterocycles. The number of carboxylic acid groups (broad SMARTS) is 1. The van der Waals surface area contributed by atoms with E-state index in [0.717, 1.165) is 12.8 Å². The molecule has 2 aromatic heterocycles. The molecular formula is C23H31N9O3. The maximum atomic E-state index is 12.6. The molecule has 0 aliphatic carbocycles. The molecule has 0 spiro atoms. The second-order valence-electron chi connectivity index (χ2n) is 9.45. The van der Waals surface area contributed by atoms with Gasteiger partial charge in [0.05, 0.1) is 18.1 Å². The van der Waals surface area contributed by atoms with Gasteiger partial charge in [0.25, 0.3) is 5.91 Å². The minimum Gasteiger partial charge on any atom is -0.465 e. The highest BCUT2D eigenvalue weighted by Crippen LogP contribution is 2.36. The first kappa shape index (κ1) is 25.6. The van der Waals surface area contributed by atoms with Crippen LogP contribution in [-0.4, -0.2) is 67.8 Å². The summed E-state index contributed by atoms with van der Waals surface area (Å²) in [6, 6.07) is 3.38. The normalized spacial score (nSPS) is 17.9. The summed E-state index contributed by atoms with van der Waals surface area (Å²) in [5.41, 5.74) is 0.536. The lowest BCUT2D eigenvalue weighted by Gasteiger charge is -2.47. The highest BCUT2D eigenvalue weighted by Gasteiger charge is 2.41. The van der Waals surface area contributed by atoms with Crippen molar-refractivity contribution < 1.29 is 14.7 Å². The van der Waals surface area contributed by atoms with Gasteiger partial charge in [-0.05, 0) is 31.1 Å². The van der Waals surface area contributed by atoms with Gasteiger partial charge < -0.3 is 26.0 Å². The van der Waals surface area contributed by atoms with Crippen molar-refractivity contribution in [3.05, 3.63) is 29.8 Å². The molecule has 0 bridgehead atoms. The molecule has 12 heteroatoms. The zero-order chi connectivity index (χ0) is 25.6. The molecule has 4 N–H and O–H groups in total. The molecule has 3 heterocycles. The average molecular weight is 482 g/mol. The molecule has 186 valence electrons. The van der Waals surface area contributed by atoms with Crippen LogP contribution in [0.4, 0.5) is 22.1 Å². The lowest BCUT2D eigenvalue weighted by Crippen LogP contribution is -2.55. The van der Waals surface area contributed by atoms with Crippen LogP contribution >= 0.6 is 0 Å². The Hall–Kier alpha value is -4.01. The molecule has 2 aromatic rings. The summed E-state index contributed by atoms with van der Waals surface area (Å²) in [5.74, 6) is 0.376. The first-order chi connectivity index (χ1) is 16.6. The van der Waals surface area contributed by atoms with E-state index in [4.69, 9.17) is 5.26 Å². The van der Waals surface area contributed by atoms with Gasteiger partial charge in [-0.25, -0.2) is 14.8 Å². The molecule has 35 heavy (non-hydrogen) atoms. The fourth-order valence-corrected chi connectivity index (χ4v) is 4.50. The molecular weight excluding hydrogens is 450 g/mol. The quantitative estimate of drug-likeness (QED) is 0.461. The van der Waals surface area contributed by atoms with Crippen molar-refractivity contribution in [3.63, 3.8) is 0 Å². The number of nitrogens with one attached hydrogen (secondary N) is 3. The van der Waals surface area contributed by atoms with Gasteiger partial charge in [-0.1, -0.05) is 20.8 Å². The molecule has 0 aromatic carbocycles. The highest BCUT2D eigenvalue weighted by molar-refractivity contribution is 5.97. The number of nitriles is 1. The lowest BCUT2D eigenvalue weighted by molar-refractivity contribution is 0.0271. The van der Waals surface area contributed by atoms with Crippen LogP contribution in [0.5, 0.6) is 0 Å². The molecule has 0 saturated carbocycles. The van der Waals surface area contributed by atoms with Crippen LogP contribution in [0, 0.1) is 22.7 Å². The average Bonchev–Trinajstić information content (AvgIpc) is 2.82. The van der Waals surface area contributed by atoms with Gasteiger partial charge in [-0.2, -0.15) is 5.26 Å². The number of nitrogens with zero attached hydrogens (tertiary/aromatic N) is 6. The van der Waals surface area contributed by atoms with Crippen molar-refractivity contribution in [2.24, 2.45) is 11.3 Å². The van der Waals surface area contributed by atoms with E-state index in [9.17, 15) is 14.7 Å². The van der Waals surface area contributed by atoms with Gasteiger partial charge in [0.2, 0.25) is 0 Å². The zero-order valence-electron chi connectivity index (χ0n) is 20.4. The number of piperidine rings is 1. The minimum atomic E-state index is -0.918. The number of carbonyl (C=O) groups excluding carboxylic acids is 1. The maximum Gasteiger partial charge on any atom is 0.407 e. The number of carbonyl (C=O) groups is 2. The summed E-state index contributed by atoms with van der Waals surface area (Å²) in [6.45, 7) is 9.34. The van der Waals surface area contributed by atoms with E-state index in [-0.39, 0.29) is 34.7 Å². The van der Waals surface area contributed by atoms with E-state index in [1.165, 1.54) is 17.3 Å². The Labute approximate surface area is 204 Å². The van der Waals surface area contributed by atoms with E-state index < -0.39 is 6.09 Å². The summed E-state index contributed by atoms with van der Waals surface area (Å²) >= 11 is 0. The van der Waals surface area contributed by atoms with Gasteiger partial charge in [0.1, 0.15) is 11.9 Å². The van der Waals surface area contributed by atoms with Crippen molar-refractivity contribution in [3.8, 4) is 6.07 Å². The number of amides is 2. The molecule has 2 amide bonds. The zero-order valence-corrected chi connectivity index (χ0v) is 20.4. The van der Waals surface area contributed by atoms with Crippen molar-refractivity contribution in [2.75, 3.05) is 30.3 Å². The van der Waals surface area contributed by atoms with Crippen molar-refractivity contribution >= 4 is 29.3 Å². The van der Waals surface area contributed by atoms with Crippen LogP contribution in [0.1, 0.15) is 56.7 Å². The Bertz CT molecular complexity index is 1090. The van der Waals surface area contributed by atoms with E-state index in [1.807, 2.05) is 33.8 Å². The van der Waals surface area contributed by atoms with Gasteiger partial charge in [0.15, 0.2) is 17.2 Å². The van der Waals surface area contributed by atoms with Gasteiger partial charge in [-0.3, -0.25) is 4.79 Å². The van der Waals surface area contributed by atoms with Gasteiger partial charge in [-0.15, -0.1) is 10.2 Å². The third-order valence-electron chi connectivity index (χ3n) is 5.81. The van der Waals surface area contributed by atoms with E-state index in [1.54, 1.807) is 6.07 Å². The largest absolute Gasteiger partial charge is 0.465 e. The third-order valence-corrected chi connectivity index (χ3v) is 5.81. The number of hydrogen-bond acceptors (Lipinski definition) is 9. The molecule has 12 nitrogen and oxygen atoms in total. The van der Waals surface area contributed by atoms with E-state index in [2.05, 4.69) is 36.1 Å². The fourth-order valence-electron chi connectivity index (χ4n) is 4.50.